The Labute approximate surface area is 95.2 Å². The summed E-state index contributed by atoms with van der Waals surface area (Å²) in [5.74, 6) is 0. The van der Waals surface area contributed by atoms with E-state index in [1.807, 2.05) is 6.92 Å². The second-order valence-corrected chi connectivity index (χ2v) is 4.34. The number of piperazine rings is 1. The molecule has 0 amide bonds. The number of nitrogens with zero attached hydrogens (tertiary/aromatic N) is 1. The van der Waals surface area contributed by atoms with Gasteiger partial charge in [0, 0.05) is 26.2 Å². The summed E-state index contributed by atoms with van der Waals surface area (Å²) in [7, 11) is 0. The molecule has 96 valence electrons. The number of nitrogens with one attached hydrogen (secondary N) is 1. The number of halogens is 3. The second-order valence-electron chi connectivity index (χ2n) is 4.34. The highest BCUT2D eigenvalue weighted by Gasteiger charge is 2.42. The van der Waals surface area contributed by atoms with Gasteiger partial charge in [0.05, 0.1) is 0 Å². The van der Waals surface area contributed by atoms with Crippen LogP contribution in [0.15, 0.2) is 0 Å². The Kier molecular flexibility index (Phi) is 5.55. The van der Waals surface area contributed by atoms with Gasteiger partial charge in [-0.2, -0.15) is 13.2 Å². The fourth-order valence-corrected chi connectivity index (χ4v) is 2.13. The van der Waals surface area contributed by atoms with Crippen molar-refractivity contribution in [3.8, 4) is 0 Å². The molecule has 0 aromatic heterocycles. The van der Waals surface area contributed by atoms with Crippen molar-refractivity contribution in [3.63, 3.8) is 0 Å². The first-order valence-electron chi connectivity index (χ1n) is 6.07. The smallest absolute Gasteiger partial charge is 0.314 e. The SMILES string of the molecule is CCCCC[C@@H](N1CCNCC1)C(F)(F)F. The molecule has 1 rings (SSSR count). The molecule has 16 heavy (non-hydrogen) atoms. The van der Waals surface area contributed by atoms with Crippen molar-refractivity contribution in [1.82, 2.24) is 10.2 Å². The molecule has 1 heterocycles. The van der Waals surface area contributed by atoms with Crippen LogP contribution >= 0.6 is 0 Å². The number of rotatable bonds is 5. The van der Waals surface area contributed by atoms with E-state index in [9.17, 15) is 13.2 Å². The van der Waals surface area contributed by atoms with Gasteiger partial charge in [-0.3, -0.25) is 4.90 Å². The largest absolute Gasteiger partial charge is 0.404 e. The molecular weight excluding hydrogens is 217 g/mol. The summed E-state index contributed by atoms with van der Waals surface area (Å²) in [6, 6.07) is -1.24. The monoisotopic (exact) mass is 238 g/mol. The average molecular weight is 238 g/mol. The zero-order chi connectivity index (χ0) is 12.0. The van der Waals surface area contributed by atoms with Crippen molar-refractivity contribution in [2.24, 2.45) is 0 Å². The Morgan fingerprint density at radius 3 is 2.31 bits per heavy atom. The van der Waals surface area contributed by atoms with Gasteiger partial charge >= 0.3 is 6.18 Å². The minimum Gasteiger partial charge on any atom is -0.314 e. The molecule has 1 N–H and O–H groups in total. The minimum atomic E-state index is -4.08. The molecule has 1 atom stereocenters. The maximum atomic E-state index is 12.9. The van der Waals surface area contributed by atoms with Crippen molar-refractivity contribution >= 4 is 0 Å². The van der Waals surface area contributed by atoms with Gasteiger partial charge in [-0.1, -0.05) is 26.2 Å². The molecular formula is C11H21F3N2. The van der Waals surface area contributed by atoms with E-state index in [1.54, 1.807) is 4.90 Å². The van der Waals surface area contributed by atoms with Gasteiger partial charge < -0.3 is 5.32 Å². The molecule has 0 aliphatic carbocycles. The van der Waals surface area contributed by atoms with E-state index >= 15 is 0 Å². The first kappa shape index (κ1) is 13.8. The predicted octanol–water partition coefficient (Wildman–Crippen LogP) is 2.40. The van der Waals surface area contributed by atoms with Crippen molar-refractivity contribution in [2.45, 2.75) is 44.8 Å². The first-order chi connectivity index (χ1) is 7.55. The molecule has 0 saturated carbocycles. The van der Waals surface area contributed by atoms with Crippen molar-refractivity contribution in [1.29, 1.82) is 0 Å². The van der Waals surface area contributed by atoms with Crippen LogP contribution in [0.2, 0.25) is 0 Å². The van der Waals surface area contributed by atoms with Gasteiger partial charge in [0.25, 0.3) is 0 Å². The molecule has 1 aliphatic heterocycles. The molecule has 0 radical (unpaired) electrons. The Morgan fingerprint density at radius 1 is 1.19 bits per heavy atom. The summed E-state index contributed by atoms with van der Waals surface area (Å²) in [5.41, 5.74) is 0. The Hall–Kier alpha value is -0.290. The van der Waals surface area contributed by atoms with E-state index in [4.69, 9.17) is 0 Å². The van der Waals surface area contributed by atoms with E-state index < -0.39 is 12.2 Å². The van der Waals surface area contributed by atoms with Crippen LogP contribution in [0.1, 0.15) is 32.6 Å². The van der Waals surface area contributed by atoms with Crippen LogP contribution < -0.4 is 5.32 Å². The van der Waals surface area contributed by atoms with Crippen molar-refractivity contribution in [3.05, 3.63) is 0 Å². The van der Waals surface area contributed by atoms with Crippen LogP contribution in [-0.4, -0.2) is 43.3 Å². The first-order valence-corrected chi connectivity index (χ1v) is 6.07. The minimum absolute atomic E-state index is 0.247. The van der Waals surface area contributed by atoms with Crippen LogP contribution in [0.4, 0.5) is 13.2 Å². The third kappa shape index (κ3) is 4.29. The third-order valence-corrected chi connectivity index (χ3v) is 3.05. The van der Waals surface area contributed by atoms with Crippen molar-refractivity contribution in [2.75, 3.05) is 26.2 Å². The average Bonchev–Trinajstić information content (AvgIpc) is 2.24. The van der Waals surface area contributed by atoms with E-state index in [2.05, 4.69) is 5.32 Å². The lowest BCUT2D eigenvalue weighted by Gasteiger charge is -2.36. The fraction of sp³-hybridized carbons (Fsp3) is 1.00. The molecule has 2 nitrogen and oxygen atoms in total. The lowest BCUT2D eigenvalue weighted by atomic mass is 10.1. The summed E-state index contributed by atoms with van der Waals surface area (Å²) < 4.78 is 38.6. The van der Waals surface area contributed by atoms with Gasteiger partial charge in [-0.05, 0) is 6.42 Å². The van der Waals surface area contributed by atoms with E-state index in [-0.39, 0.29) is 6.42 Å². The fourth-order valence-electron chi connectivity index (χ4n) is 2.13. The molecule has 1 saturated heterocycles. The summed E-state index contributed by atoms with van der Waals surface area (Å²) >= 11 is 0. The van der Waals surface area contributed by atoms with Gasteiger partial charge in [0.1, 0.15) is 6.04 Å². The summed E-state index contributed by atoms with van der Waals surface area (Å²) in [4.78, 5) is 1.58. The van der Waals surface area contributed by atoms with Gasteiger partial charge in [-0.15, -0.1) is 0 Å². The normalized spacial score (nSPS) is 21.0. The quantitative estimate of drug-likeness (QED) is 0.740. The lowest BCUT2D eigenvalue weighted by Crippen LogP contribution is -2.53. The number of alkyl halides is 3. The predicted molar refractivity (Wildman–Crippen MR) is 58.4 cm³/mol. The lowest BCUT2D eigenvalue weighted by molar-refractivity contribution is -0.187. The summed E-state index contributed by atoms with van der Waals surface area (Å²) in [6.07, 6.45) is -1.31. The molecule has 1 fully saturated rings. The van der Waals surface area contributed by atoms with Crippen LogP contribution in [0.25, 0.3) is 0 Å². The summed E-state index contributed by atoms with van der Waals surface area (Å²) in [5, 5.41) is 3.08. The topological polar surface area (TPSA) is 15.3 Å². The zero-order valence-electron chi connectivity index (χ0n) is 9.82. The van der Waals surface area contributed by atoms with Gasteiger partial charge in [0.2, 0.25) is 0 Å². The molecule has 1 aliphatic rings. The van der Waals surface area contributed by atoms with Crippen LogP contribution in [0, 0.1) is 0 Å². The second kappa shape index (κ2) is 6.45. The van der Waals surface area contributed by atoms with E-state index in [1.165, 1.54) is 0 Å². The maximum absolute atomic E-state index is 12.9. The molecule has 0 bridgehead atoms. The highest BCUT2D eigenvalue weighted by Crippen LogP contribution is 2.29. The van der Waals surface area contributed by atoms with Crippen LogP contribution in [0.3, 0.4) is 0 Å². The Balaban J connectivity index is 2.48. The van der Waals surface area contributed by atoms with E-state index in [0.717, 1.165) is 12.8 Å². The molecule has 0 aromatic rings. The van der Waals surface area contributed by atoms with Gasteiger partial charge in [-0.25, -0.2) is 0 Å². The zero-order valence-corrected chi connectivity index (χ0v) is 9.82. The molecule has 0 aromatic carbocycles. The highest BCUT2D eigenvalue weighted by atomic mass is 19.4. The summed E-state index contributed by atoms with van der Waals surface area (Å²) in [6.45, 7) is 4.36. The molecule has 0 spiro atoms. The standard InChI is InChI=1S/C11H21F3N2/c1-2-3-4-5-10(11(12,13)14)16-8-6-15-7-9-16/h10,15H,2-9H2,1H3/t10-/m1/s1. The van der Waals surface area contributed by atoms with Gasteiger partial charge in [0.15, 0.2) is 0 Å². The Morgan fingerprint density at radius 2 is 1.81 bits per heavy atom. The highest BCUT2D eigenvalue weighted by molar-refractivity contribution is 4.82. The molecule has 0 unspecified atom stereocenters. The third-order valence-electron chi connectivity index (χ3n) is 3.05. The van der Waals surface area contributed by atoms with Crippen LogP contribution in [0.5, 0.6) is 0 Å². The number of hydrogen-bond acceptors (Lipinski definition) is 2. The van der Waals surface area contributed by atoms with E-state index in [0.29, 0.717) is 32.6 Å². The number of hydrogen-bond donors (Lipinski definition) is 1. The maximum Gasteiger partial charge on any atom is 0.404 e. The number of unbranched alkanes of at least 4 members (excludes halogenated alkanes) is 2. The molecule has 5 heteroatoms. The van der Waals surface area contributed by atoms with Crippen molar-refractivity contribution < 1.29 is 13.2 Å². The Bertz CT molecular complexity index is 188. The van der Waals surface area contributed by atoms with Crippen LogP contribution in [-0.2, 0) is 0 Å².